The highest BCUT2D eigenvalue weighted by Gasteiger charge is 2.36. The molecule has 0 bridgehead atoms. The van der Waals surface area contributed by atoms with Gasteiger partial charge in [0.1, 0.15) is 0 Å². The molecule has 0 atom stereocenters. The lowest BCUT2D eigenvalue weighted by atomic mass is 9.88. The molecule has 2 fully saturated rings. The number of fused-ring (bicyclic) bond motifs is 1. The predicted molar refractivity (Wildman–Crippen MR) is 82.7 cm³/mol. The summed E-state index contributed by atoms with van der Waals surface area (Å²) in [7, 11) is 0. The third-order valence-corrected chi connectivity index (χ3v) is 5.02. The second-order valence-electron chi connectivity index (χ2n) is 6.72. The van der Waals surface area contributed by atoms with Gasteiger partial charge in [0.15, 0.2) is 11.5 Å². The SMILES string of the molecule is O=C(C1CCCCC1)N(Cc1ccc2c(c1)OCO2)C1CC1. The molecule has 4 nitrogen and oxygen atoms in total. The number of ether oxygens (including phenoxy) is 2. The Kier molecular flexibility index (Phi) is 3.68. The number of hydrogen-bond donors (Lipinski definition) is 0. The standard InChI is InChI=1S/C18H23NO3/c20-18(14-4-2-1-3-5-14)19(15-7-8-15)11-13-6-9-16-17(10-13)22-12-21-16/h6,9-10,14-15H,1-5,7-8,11-12H2. The highest BCUT2D eigenvalue weighted by molar-refractivity contribution is 5.79. The van der Waals surface area contributed by atoms with Gasteiger partial charge in [0.25, 0.3) is 0 Å². The first kappa shape index (κ1) is 13.9. The third-order valence-electron chi connectivity index (χ3n) is 5.02. The van der Waals surface area contributed by atoms with E-state index in [0.29, 0.717) is 25.3 Å². The second kappa shape index (κ2) is 5.82. The summed E-state index contributed by atoms with van der Waals surface area (Å²) in [6, 6.07) is 6.48. The molecule has 0 N–H and O–H groups in total. The van der Waals surface area contributed by atoms with Crippen LogP contribution in [0.25, 0.3) is 0 Å². The van der Waals surface area contributed by atoms with Gasteiger partial charge in [-0.2, -0.15) is 0 Å². The van der Waals surface area contributed by atoms with Crippen LogP contribution in [-0.4, -0.2) is 23.6 Å². The van der Waals surface area contributed by atoms with Crippen molar-refractivity contribution in [2.45, 2.75) is 57.5 Å². The van der Waals surface area contributed by atoms with E-state index >= 15 is 0 Å². The summed E-state index contributed by atoms with van der Waals surface area (Å²) in [4.78, 5) is 15.0. The number of carbonyl (C=O) groups excluding carboxylic acids is 1. The van der Waals surface area contributed by atoms with Gasteiger partial charge in [0, 0.05) is 18.5 Å². The fourth-order valence-electron chi connectivity index (χ4n) is 3.59. The van der Waals surface area contributed by atoms with Crippen LogP contribution in [0.1, 0.15) is 50.5 Å². The van der Waals surface area contributed by atoms with Gasteiger partial charge in [-0.15, -0.1) is 0 Å². The van der Waals surface area contributed by atoms with Crippen molar-refractivity contribution in [2.75, 3.05) is 6.79 Å². The Morgan fingerprint density at radius 2 is 1.82 bits per heavy atom. The number of hydrogen-bond acceptors (Lipinski definition) is 3. The fraction of sp³-hybridized carbons (Fsp3) is 0.611. The summed E-state index contributed by atoms with van der Waals surface area (Å²) in [5.41, 5.74) is 1.14. The van der Waals surface area contributed by atoms with E-state index in [-0.39, 0.29) is 5.92 Å². The molecule has 1 amide bonds. The van der Waals surface area contributed by atoms with Crippen molar-refractivity contribution in [3.8, 4) is 11.5 Å². The van der Waals surface area contributed by atoms with E-state index in [1.165, 1.54) is 19.3 Å². The van der Waals surface area contributed by atoms with E-state index < -0.39 is 0 Å². The first-order chi connectivity index (χ1) is 10.8. The largest absolute Gasteiger partial charge is 0.454 e. The molecule has 0 radical (unpaired) electrons. The van der Waals surface area contributed by atoms with Crippen molar-refractivity contribution in [3.63, 3.8) is 0 Å². The summed E-state index contributed by atoms with van der Waals surface area (Å²) >= 11 is 0. The number of rotatable bonds is 4. The average molecular weight is 301 g/mol. The normalized spacial score (nSPS) is 20.9. The lowest BCUT2D eigenvalue weighted by molar-refractivity contribution is -0.137. The van der Waals surface area contributed by atoms with E-state index in [2.05, 4.69) is 11.0 Å². The molecule has 1 aromatic carbocycles. The Labute approximate surface area is 131 Å². The highest BCUT2D eigenvalue weighted by atomic mass is 16.7. The van der Waals surface area contributed by atoms with Crippen molar-refractivity contribution in [3.05, 3.63) is 23.8 Å². The van der Waals surface area contributed by atoms with Crippen LogP contribution >= 0.6 is 0 Å². The molecular weight excluding hydrogens is 278 g/mol. The van der Waals surface area contributed by atoms with E-state index in [1.807, 2.05) is 12.1 Å². The Hall–Kier alpha value is -1.71. The zero-order valence-corrected chi connectivity index (χ0v) is 12.9. The van der Waals surface area contributed by atoms with Crippen molar-refractivity contribution in [1.29, 1.82) is 0 Å². The first-order valence-electron chi connectivity index (χ1n) is 8.50. The minimum absolute atomic E-state index is 0.253. The lowest BCUT2D eigenvalue weighted by Crippen LogP contribution is -2.38. The molecule has 4 rings (SSSR count). The van der Waals surface area contributed by atoms with Crippen LogP contribution in [0.5, 0.6) is 11.5 Å². The minimum atomic E-state index is 0.253. The fourth-order valence-corrected chi connectivity index (χ4v) is 3.59. The van der Waals surface area contributed by atoms with Crippen LogP contribution in [0.15, 0.2) is 18.2 Å². The maximum atomic E-state index is 12.9. The summed E-state index contributed by atoms with van der Waals surface area (Å²) in [5.74, 6) is 2.24. The Bertz CT molecular complexity index is 561. The van der Waals surface area contributed by atoms with Crippen molar-refractivity contribution < 1.29 is 14.3 Å². The van der Waals surface area contributed by atoms with Gasteiger partial charge in [-0.25, -0.2) is 0 Å². The van der Waals surface area contributed by atoms with Crippen LogP contribution < -0.4 is 9.47 Å². The van der Waals surface area contributed by atoms with E-state index in [1.54, 1.807) is 0 Å². The highest BCUT2D eigenvalue weighted by Crippen LogP contribution is 2.36. The summed E-state index contributed by atoms with van der Waals surface area (Å²) in [6.07, 6.45) is 8.16. The molecule has 0 unspecified atom stereocenters. The Morgan fingerprint density at radius 1 is 1.05 bits per heavy atom. The molecule has 22 heavy (non-hydrogen) atoms. The molecule has 1 heterocycles. The topological polar surface area (TPSA) is 38.8 Å². The monoisotopic (exact) mass is 301 g/mol. The zero-order valence-electron chi connectivity index (χ0n) is 12.9. The van der Waals surface area contributed by atoms with Crippen molar-refractivity contribution in [1.82, 2.24) is 4.90 Å². The molecule has 0 spiro atoms. The minimum Gasteiger partial charge on any atom is -0.454 e. The molecule has 118 valence electrons. The number of benzene rings is 1. The van der Waals surface area contributed by atoms with Crippen LogP contribution in [0.2, 0.25) is 0 Å². The van der Waals surface area contributed by atoms with Gasteiger partial charge in [0.2, 0.25) is 12.7 Å². The van der Waals surface area contributed by atoms with Crippen molar-refractivity contribution >= 4 is 5.91 Å². The van der Waals surface area contributed by atoms with Gasteiger partial charge in [-0.1, -0.05) is 25.3 Å². The van der Waals surface area contributed by atoms with Crippen LogP contribution in [0.4, 0.5) is 0 Å². The van der Waals surface area contributed by atoms with Crippen LogP contribution in [-0.2, 0) is 11.3 Å². The van der Waals surface area contributed by atoms with Gasteiger partial charge >= 0.3 is 0 Å². The average Bonchev–Trinajstić information content (AvgIpc) is 3.30. The molecule has 2 saturated carbocycles. The molecule has 2 aliphatic carbocycles. The molecule has 4 heteroatoms. The predicted octanol–water partition coefficient (Wildman–Crippen LogP) is 3.49. The van der Waals surface area contributed by atoms with Gasteiger partial charge in [0.05, 0.1) is 0 Å². The van der Waals surface area contributed by atoms with E-state index in [0.717, 1.165) is 42.7 Å². The van der Waals surface area contributed by atoms with Gasteiger partial charge in [-0.05, 0) is 43.4 Å². The molecule has 1 aliphatic heterocycles. The summed E-state index contributed by atoms with van der Waals surface area (Å²) in [6.45, 7) is 1.00. The molecule has 0 aromatic heterocycles. The summed E-state index contributed by atoms with van der Waals surface area (Å²) < 4.78 is 10.8. The Balaban J connectivity index is 1.49. The molecule has 3 aliphatic rings. The number of carbonyl (C=O) groups is 1. The second-order valence-corrected chi connectivity index (χ2v) is 6.72. The van der Waals surface area contributed by atoms with E-state index in [4.69, 9.17) is 9.47 Å². The Morgan fingerprint density at radius 3 is 2.59 bits per heavy atom. The maximum absolute atomic E-state index is 12.9. The van der Waals surface area contributed by atoms with E-state index in [9.17, 15) is 4.79 Å². The number of nitrogens with zero attached hydrogens (tertiary/aromatic N) is 1. The van der Waals surface area contributed by atoms with Crippen LogP contribution in [0, 0.1) is 5.92 Å². The molecule has 1 aromatic rings. The van der Waals surface area contributed by atoms with Crippen molar-refractivity contribution in [2.24, 2.45) is 5.92 Å². The zero-order chi connectivity index (χ0) is 14.9. The smallest absolute Gasteiger partial charge is 0.231 e. The first-order valence-corrected chi connectivity index (χ1v) is 8.50. The molecular formula is C18H23NO3. The third kappa shape index (κ3) is 2.79. The quantitative estimate of drug-likeness (QED) is 0.854. The summed E-state index contributed by atoms with van der Waals surface area (Å²) in [5, 5.41) is 0. The van der Waals surface area contributed by atoms with Gasteiger partial charge < -0.3 is 14.4 Å². The number of amides is 1. The maximum Gasteiger partial charge on any atom is 0.231 e. The van der Waals surface area contributed by atoms with Gasteiger partial charge in [-0.3, -0.25) is 4.79 Å². The lowest BCUT2D eigenvalue weighted by Gasteiger charge is -2.29. The molecule has 0 saturated heterocycles. The van der Waals surface area contributed by atoms with Crippen LogP contribution in [0.3, 0.4) is 0 Å².